The summed E-state index contributed by atoms with van der Waals surface area (Å²) in [6.45, 7) is 1.35. The van der Waals surface area contributed by atoms with Gasteiger partial charge in [-0.05, 0) is 67.5 Å². The van der Waals surface area contributed by atoms with Gasteiger partial charge in [-0.1, -0.05) is 12.1 Å². The van der Waals surface area contributed by atoms with Gasteiger partial charge in [0.05, 0.1) is 18.2 Å². The zero-order chi connectivity index (χ0) is 23.2. The minimum absolute atomic E-state index is 0.0344. The van der Waals surface area contributed by atoms with Gasteiger partial charge in [-0.2, -0.15) is 5.26 Å². The second-order valence-corrected chi connectivity index (χ2v) is 9.55. The summed E-state index contributed by atoms with van der Waals surface area (Å²) in [6, 6.07) is 12.2. The molecule has 2 unspecified atom stereocenters. The molecule has 9 nitrogen and oxygen atoms in total. The van der Waals surface area contributed by atoms with E-state index < -0.39 is 6.09 Å². The Kier molecular flexibility index (Phi) is 5.11. The lowest BCUT2D eigenvalue weighted by atomic mass is 9.76. The Labute approximate surface area is 197 Å². The summed E-state index contributed by atoms with van der Waals surface area (Å²) in [5.41, 5.74) is 3.32. The number of ether oxygens (including phenoxy) is 2. The van der Waals surface area contributed by atoms with Crippen LogP contribution >= 0.6 is 0 Å². The van der Waals surface area contributed by atoms with Crippen LogP contribution in [0.3, 0.4) is 0 Å². The molecule has 2 aliphatic heterocycles. The van der Waals surface area contributed by atoms with Gasteiger partial charge in [0.1, 0.15) is 11.9 Å². The lowest BCUT2D eigenvalue weighted by molar-refractivity contribution is -0.118. The van der Waals surface area contributed by atoms with Crippen molar-refractivity contribution in [3.05, 3.63) is 47.0 Å². The van der Waals surface area contributed by atoms with E-state index in [9.17, 15) is 14.9 Å². The SMILES string of the molecule is N#Cc1cccc2c1CC(CN[C@H]1C[C@H](C3CN(c4ccc5c(n4)NC(=O)CO5)C(=O)O3)C1)C2. The van der Waals surface area contributed by atoms with Crippen molar-refractivity contribution in [3.8, 4) is 11.8 Å². The quantitative estimate of drug-likeness (QED) is 0.705. The lowest BCUT2D eigenvalue weighted by Gasteiger charge is -2.38. The summed E-state index contributed by atoms with van der Waals surface area (Å²) < 4.78 is 11.0. The van der Waals surface area contributed by atoms with Gasteiger partial charge >= 0.3 is 6.09 Å². The van der Waals surface area contributed by atoms with Crippen LogP contribution in [0.4, 0.5) is 16.4 Å². The molecule has 0 spiro atoms. The third kappa shape index (κ3) is 3.74. The predicted octanol–water partition coefficient (Wildman–Crippen LogP) is 2.39. The Morgan fingerprint density at radius 1 is 1.21 bits per heavy atom. The number of carbonyl (C=O) groups excluding carboxylic acids is 2. The van der Waals surface area contributed by atoms with E-state index in [1.807, 2.05) is 12.1 Å². The Bertz CT molecular complexity index is 1200. The van der Waals surface area contributed by atoms with E-state index in [0.717, 1.165) is 37.8 Å². The minimum atomic E-state index is -0.408. The van der Waals surface area contributed by atoms with Crippen LogP contribution in [0.15, 0.2) is 30.3 Å². The van der Waals surface area contributed by atoms with Crippen LogP contribution in [0.2, 0.25) is 0 Å². The summed E-state index contributed by atoms with van der Waals surface area (Å²) >= 11 is 0. The van der Waals surface area contributed by atoms with Crippen molar-refractivity contribution in [1.29, 1.82) is 5.26 Å². The van der Waals surface area contributed by atoms with E-state index in [2.05, 4.69) is 27.8 Å². The van der Waals surface area contributed by atoms with Crippen LogP contribution in [0.5, 0.6) is 5.75 Å². The average molecular weight is 460 g/mol. The highest BCUT2D eigenvalue weighted by atomic mass is 16.6. The first-order valence-electron chi connectivity index (χ1n) is 11.7. The van der Waals surface area contributed by atoms with Crippen molar-refractivity contribution in [2.24, 2.45) is 11.8 Å². The molecule has 2 atom stereocenters. The van der Waals surface area contributed by atoms with Crippen molar-refractivity contribution >= 4 is 23.6 Å². The molecule has 1 saturated heterocycles. The third-order valence-electron chi connectivity index (χ3n) is 7.36. The molecule has 2 aromatic rings. The molecule has 1 saturated carbocycles. The van der Waals surface area contributed by atoms with Crippen molar-refractivity contribution in [2.45, 2.75) is 37.8 Å². The molecule has 6 rings (SSSR count). The fourth-order valence-electron chi connectivity index (χ4n) is 5.47. The van der Waals surface area contributed by atoms with Crippen molar-refractivity contribution in [1.82, 2.24) is 10.3 Å². The minimum Gasteiger partial charge on any atom is -0.480 e. The van der Waals surface area contributed by atoms with Gasteiger partial charge < -0.3 is 20.1 Å². The molecule has 2 N–H and O–H groups in total. The van der Waals surface area contributed by atoms with E-state index in [0.29, 0.717) is 41.8 Å². The van der Waals surface area contributed by atoms with Crippen LogP contribution in [-0.2, 0) is 22.4 Å². The van der Waals surface area contributed by atoms with Gasteiger partial charge in [0.25, 0.3) is 5.91 Å². The fraction of sp³-hybridized carbons (Fsp3) is 0.440. The van der Waals surface area contributed by atoms with Gasteiger partial charge in [-0.15, -0.1) is 0 Å². The monoisotopic (exact) mass is 459 g/mol. The maximum atomic E-state index is 12.5. The number of nitrogens with zero attached hydrogens (tertiary/aromatic N) is 3. The van der Waals surface area contributed by atoms with Gasteiger partial charge in [0.2, 0.25) is 0 Å². The zero-order valence-corrected chi connectivity index (χ0v) is 18.6. The zero-order valence-electron chi connectivity index (χ0n) is 18.6. The maximum absolute atomic E-state index is 12.5. The molecule has 2 aliphatic carbocycles. The lowest BCUT2D eigenvalue weighted by Crippen LogP contribution is -2.48. The molecule has 9 heteroatoms. The molecule has 1 aromatic heterocycles. The normalized spacial score (nSPS) is 27.1. The number of pyridine rings is 1. The van der Waals surface area contributed by atoms with Crippen LogP contribution in [0.1, 0.15) is 29.5 Å². The second-order valence-electron chi connectivity index (χ2n) is 9.55. The first-order chi connectivity index (χ1) is 16.6. The number of rotatable bonds is 5. The Hall–Kier alpha value is -3.64. The molecule has 4 aliphatic rings. The standard InChI is InChI=1S/C25H25N5O4/c26-10-16-3-1-2-15-6-14(7-19(15)16)11-27-18-8-17(9-18)21-12-30(25(32)34-21)22-5-4-20-24(28-22)29-23(31)13-33-20/h1-5,14,17-18,21,27H,6-9,11-13H2,(H,28,29,31)/t14?,17-,18-,21?. The van der Waals surface area contributed by atoms with Crippen molar-refractivity contribution in [2.75, 3.05) is 29.9 Å². The molecule has 0 bridgehead atoms. The van der Waals surface area contributed by atoms with Crippen LogP contribution < -0.4 is 20.3 Å². The Morgan fingerprint density at radius 2 is 2.09 bits per heavy atom. The van der Waals surface area contributed by atoms with E-state index >= 15 is 0 Å². The molecule has 2 amide bonds. The smallest absolute Gasteiger partial charge is 0.415 e. The number of nitriles is 1. The first kappa shape index (κ1) is 20.9. The molecular weight excluding hydrogens is 434 g/mol. The van der Waals surface area contributed by atoms with Gasteiger partial charge in [-0.3, -0.25) is 9.69 Å². The summed E-state index contributed by atoms with van der Waals surface area (Å²) in [6.07, 6.45) is 3.34. The molecule has 34 heavy (non-hydrogen) atoms. The van der Waals surface area contributed by atoms with Gasteiger partial charge in [-0.25, -0.2) is 9.78 Å². The van der Waals surface area contributed by atoms with Crippen LogP contribution in [0, 0.1) is 23.2 Å². The summed E-state index contributed by atoms with van der Waals surface area (Å²) in [4.78, 5) is 30.0. The highest BCUT2D eigenvalue weighted by molar-refractivity contribution is 5.95. The van der Waals surface area contributed by atoms with E-state index in [4.69, 9.17) is 9.47 Å². The Balaban J connectivity index is 1.00. The maximum Gasteiger partial charge on any atom is 0.415 e. The van der Waals surface area contributed by atoms with Crippen molar-refractivity contribution < 1.29 is 19.1 Å². The topological polar surface area (TPSA) is 117 Å². The number of anilines is 2. The third-order valence-corrected chi connectivity index (χ3v) is 7.36. The molecule has 174 valence electrons. The summed E-state index contributed by atoms with van der Waals surface area (Å²) in [5, 5.41) is 15.7. The highest BCUT2D eigenvalue weighted by Crippen LogP contribution is 2.37. The summed E-state index contributed by atoms with van der Waals surface area (Å²) in [5.74, 6) is 1.84. The van der Waals surface area contributed by atoms with Gasteiger partial charge in [0.15, 0.2) is 18.2 Å². The number of fused-ring (bicyclic) bond motifs is 2. The second kappa shape index (κ2) is 8.29. The van der Waals surface area contributed by atoms with Crippen LogP contribution in [-0.4, -0.2) is 48.8 Å². The number of nitrogens with one attached hydrogen (secondary N) is 2. The fourth-order valence-corrected chi connectivity index (χ4v) is 5.47. The van der Waals surface area contributed by atoms with E-state index in [1.165, 1.54) is 16.0 Å². The number of benzene rings is 1. The number of hydrogen-bond donors (Lipinski definition) is 2. The molecule has 3 heterocycles. The van der Waals surface area contributed by atoms with Gasteiger partial charge in [0, 0.05) is 12.0 Å². The van der Waals surface area contributed by atoms with Crippen molar-refractivity contribution in [3.63, 3.8) is 0 Å². The predicted molar refractivity (Wildman–Crippen MR) is 123 cm³/mol. The highest BCUT2D eigenvalue weighted by Gasteiger charge is 2.44. The molecular formula is C25H25N5O4. The van der Waals surface area contributed by atoms with E-state index in [1.54, 1.807) is 12.1 Å². The number of amides is 2. The van der Waals surface area contributed by atoms with Crippen LogP contribution in [0.25, 0.3) is 0 Å². The largest absolute Gasteiger partial charge is 0.480 e. The number of aromatic nitrogens is 1. The average Bonchev–Trinajstić information content (AvgIpc) is 3.40. The molecule has 1 aromatic carbocycles. The first-order valence-corrected chi connectivity index (χ1v) is 11.7. The number of hydrogen-bond acceptors (Lipinski definition) is 7. The molecule has 2 fully saturated rings. The number of cyclic esters (lactones) is 1. The molecule has 0 radical (unpaired) electrons. The number of carbonyl (C=O) groups is 2. The summed E-state index contributed by atoms with van der Waals surface area (Å²) in [7, 11) is 0. The Morgan fingerprint density at radius 3 is 2.94 bits per heavy atom. The van der Waals surface area contributed by atoms with E-state index in [-0.39, 0.29) is 18.6 Å².